The van der Waals surface area contributed by atoms with Crippen molar-refractivity contribution in [1.29, 1.82) is 0 Å². The molecule has 40 heavy (non-hydrogen) atoms. The molecule has 1 aliphatic heterocycles. The third-order valence-corrected chi connectivity index (χ3v) is 8.84. The molecule has 0 spiro atoms. The molecule has 4 nitrogen and oxygen atoms in total. The Morgan fingerprint density at radius 3 is 2.02 bits per heavy atom. The first-order valence-corrected chi connectivity index (χ1v) is 14.0. The van der Waals surface area contributed by atoms with Gasteiger partial charge >= 0.3 is 5.97 Å². The number of ether oxygens (including phenoxy) is 1. The number of fused-ring (bicyclic) bond motifs is 3. The summed E-state index contributed by atoms with van der Waals surface area (Å²) in [5.74, 6) is -0.342. The summed E-state index contributed by atoms with van der Waals surface area (Å²) in [6.07, 6.45) is 2.30. The zero-order chi connectivity index (χ0) is 28.2. The van der Waals surface area contributed by atoms with Gasteiger partial charge in [0.25, 0.3) is 0 Å². The number of nitrogens with zero attached hydrogens (tertiary/aromatic N) is 2. The number of carbonyl (C=O) groups is 1. The SMILES string of the molecule is COC(=O)c1ccc(C2=Nc3cc(-c4ccccc4)ccc3N(C)c3cc4c(cc32)C(C)(C)CCC4(C)C)cc1. The van der Waals surface area contributed by atoms with Crippen molar-refractivity contribution in [3.63, 3.8) is 0 Å². The second-order valence-corrected chi connectivity index (χ2v) is 12.3. The quantitative estimate of drug-likeness (QED) is 0.250. The molecular formula is C36H36N2O2. The summed E-state index contributed by atoms with van der Waals surface area (Å²) in [6, 6.07) is 29.4. The van der Waals surface area contributed by atoms with Gasteiger partial charge in [-0.15, -0.1) is 0 Å². The molecule has 202 valence electrons. The molecule has 1 aliphatic carbocycles. The summed E-state index contributed by atoms with van der Waals surface area (Å²) in [5.41, 5.74) is 11.9. The van der Waals surface area contributed by atoms with Crippen molar-refractivity contribution in [1.82, 2.24) is 0 Å². The Hall–Kier alpha value is -4.18. The maximum atomic E-state index is 12.2. The molecule has 4 heteroatoms. The van der Waals surface area contributed by atoms with E-state index >= 15 is 0 Å². The second-order valence-electron chi connectivity index (χ2n) is 12.3. The zero-order valence-electron chi connectivity index (χ0n) is 24.2. The van der Waals surface area contributed by atoms with Crippen molar-refractivity contribution in [2.24, 2.45) is 4.99 Å². The van der Waals surface area contributed by atoms with Gasteiger partial charge in [-0.2, -0.15) is 0 Å². The molecule has 0 fully saturated rings. The summed E-state index contributed by atoms with van der Waals surface area (Å²) in [5, 5.41) is 0. The van der Waals surface area contributed by atoms with E-state index in [0.29, 0.717) is 5.56 Å². The van der Waals surface area contributed by atoms with Gasteiger partial charge in [0.1, 0.15) is 0 Å². The number of carbonyl (C=O) groups excluding carboxylic acids is 1. The average molecular weight is 529 g/mol. The molecule has 0 N–H and O–H groups in total. The molecule has 0 saturated carbocycles. The first-order valence-electron chi connectivity index (χ1n) is 14.0. The van der Waals surface area contributed by atoms with Crippen molar-refractivity contribution >= 4 is 28.7 Å². The number of rotatable bonds is 3. The van der Waals surface area contributed by atoms with Crippen LogP contribution in [0.5, 0.6) is 0 Å². The summed E-state index contributed by atoms with van der Waals surface area (Å²) >= 11 is 0. The predicted octanol–water partition coefficient (Wildman–Crippen LogP) is 8.74. The van der Waals surface area contributed by atoms with Crippen LogP contribution in [-0.2, 0) is 15.6 Å². The molecule has 0 amide bonds. The lowest BCUT2D eigenvalue weighted by atomic mass is 9.62. The molecule has 0 unspecified atom stereocenters. The van der Waals surface area contributed by atoms with Crippen molar-refractivity contribution in [2.45, 2.75) is 51.4 Å². The largest absolute Gasteiger partial charge is 0.465 e. The van der Waals surface area contributed by atoms with Gasteiger partial charge in [-0.1, -0.05) is 76.2 Å². The number of anilines is 2. The second kappa shape index (κ2) is 9.48. The highest BCUT2D eigenvalue weighted by Crippen LogP contribution is 2.50. The van der Waals surface area contributed by atoms with Crippen LogP contribution in [0.15, 0.2) is 89.9 Å². The summed E-state index contributed by atoms with van der Waals surface area (Å²) < 4.78 is 4.94. The minimum Gasteiger partial charge on any atom is -0.465 e. The van der Waals surface area contributed by atoms with E-state index in [-0.39, 0.29) is 16.8 Å². The van der Waals surface area contributed by atoms with E-state index in [1.807, 2.05) is 30.3 Å². The maximum Gasteiger partial charge on any atom is 0.337 e. The Bertz CT molecular complexity index is 1650. The summed E-state index contributed by atoms with van der Waals surface area (Å²) in [7, 11) is 3.55. The Labute approximate surface area is 237 Å². The van der Waals surface area contributed by atoms with Crippen LogP contribution in [0.3, 0.4) is 0 Å². The van der Waals surface area contributed by atoms with Gasteiger partial charge in [0.2, 0.25) is 0 Å². The fraction of sp³-hybridized carbons (Fsp3) is 0.278. The fourth-order valence-corrected chi connectivity index (χ4v) is 6.19. The smallest absolute Gasteiger partial charge is 0.337 e. The number of hydrogen-bond donors (Lipinski definition) is 0. The molecule has 1 heterocycles. The summed E-state index contributed by atoms with van der Waals surface area (Å²) in [4.78, 5) is 19.8. The van der Waals surface area contributed by atoms with Crippen molar-refractivity contribution in [2.75, 3.05) is 19.1 Å². The Kier molecular flexibility index (Phi) is 6.18. The summed E-state index contributed by atoms with van der Waals surface area (Å²) in [6.45, 7) is 9.45. The van der Waals surface area contributed by atoms with Crippen molar-refractivity contribution in [3.8, 4) is 11.1 Å². The van der Waals surface area contributed by atoms with Crippen LogP contribution in [0.4, 0.5) is 17.1 Å². The van der Waals surface area contributed by atoms with Crippen LogP contribution in [0.2, 0.25) is 0 Å². The standard InChI is InChI=1S/C36H36N2O2/c1-35(2)18-19-36(3,4)29-22-32-27(21-28(29)35)33(24-12-14-25(15-13-24)34(39)40-6)37-30-20-26(16-17-31(30)38(32)5)23-10-8-7-9-11-23/h7-17,20-22H,18-19H2,1-6H3. The van der Waals surface area contributed by atoms with Crippen LogP contribution in [0.25, 0.3) is 11.1 Å². The van der Waals surface area contributed by atoms with Crippen LogP contribution < -0.4 is 4.90 Å². The average Bonchev–Trinajstić information content (AvgIpc) is 3.09. The number of hydrogen-bond acceptors (Lipinski definition) is 4. The molecule has 0 radical (unpaired) electrons. The minimum absolute atomic E-state index is 0.0674. The lowest BCUT2D eigenvalue weighted by molar-refractivity contribution is 0.0600. The van der Waals surface area contributed by atoms with E-state index in [4.69, 9.17) is 9.73 Å². The van der Waals surface area contributed by atoms with E-state index in [2.05, 4.69) is 94.2 Å². The van der Waals surface area contributed by atoms with E-state index in [1.165, 1.54) is 18.2 Å². The van der Waals surface area contributed by atoms with Gasteiger partial charge in [0, 0.05) is 18.2 Å². The van der Waals surface area contributed by atoms with Gasteiger partial charge in [-0.3, -0.25) is 0 Å². The molecular weight excluding hydrogens is 492 g/mol. The molecule has 6 rings (SSSR count). The minimum atomic E-state index is -0.342. The van der Waals surface area contributed by atoms with Gasteiger partial charge in [0.05, 0.1) is 35.4 Å². The Morgan fingerprint density at radius 2 is 1.38 bits per heavy atom. The number of esters is 1. The number of aliphatic imine (C=N–C) groups is 1. The lowest BCUT2D eigenvalue weighted by Crippen LogP contribution is -2.34. The van der Waals surface area contributed by atoms with Gasteiger partial charge in [-0.25, -0.2) is 9.79 Å². The molecule has 4 aromatic carbocycles. The van der Waals surface area contributed by atoms with Crippen LogP contribution in [0.1, 0.15) is 73.1 Å². The van der Waals surface area contributed by atoms with E-state index in [0.717, 1.165) is 57.9 Å². The predicted molar refractivity (Wildman–Crippen MR) is 165 cm³/mol. The lowest BCUT2D eigenvalue weighted by Gasteiger charge is -2.43. The molecule has 4 aromatic rings. The highest BCUT2D eigenvalue weighted by Gasteiger charge is 2.39. The molecule has 0 saturated heterocycles. The van der Waals surface area contributed by atoms with E-state index in [9.17, 15) is 4.79 Å². The topological polar surface area (TPSA) is 41.9 Å². The Balaban J connectivity index is 1.62. The normalized spacial score (nSPS) is 16.6. The Morgan fingerprint density at radius 1 is 0.750 bits per heavy atom. The van der Waals surface area contributed by atoms with E-state index < -0.39 is 0 Å². The third-order valence-electron chi connectivity index (χ3n) is 8.84. The monoisotopic (exact) mass is 528 g/mol. The molecule has 0 atom stereocenters. The fourth-order valence-electron chi connectivity index (χ4n) is 6.19. The maximum absolute atomic E-state index is 12.2. The first kappa shape index (κ1) is 26.1. The number of methoxy groups -OCH3 is 1. The van der Waals surface area contributed by atoms with Gasteiger partial charge in [-0.05, 0) is 82.3 Å². The molecule has 0 bridgehead atoms. The highest BCUT2D eigenvalue weighted by molar-refractivity contribution is 6.19. The van der Waals surface area contributed by atoms with Gasteiger partial charge < -0.3 is 9.64 Å². The molecule has 0 aromatic heterocycles. The molecule has 2 aliphatic rings. The van der Waals surface area contributed by atoms with Crippen LogP contribution in [0, 0.1) is 0 Å². The highest BCUT2D eigenvalue weighted by atomic mass is 16.5. The first-order chi connectivity index (χ1) is 19.1. The van der Waals surface area contributed by atoms with Crippen LogP contribution in [-0.4, -0.2) is 25.8 Å². The van der Waals surface area contributed by atoms with E-state index in [1.54, 1.807) is 0 Å². The van der Waals surface area contributed by atoms with Crippen molar-refractivity contribution in [3.05, 3.63) is 113 Å². The van der Waals surface area contributed by atoms with Crippen LogP contribution >= 0.6 is 0 Å². The van der Waals surface area contributed by atoms with Crippen molar-refractivity contribution < 1.29 is 9.53 Å². The zero-order valence-corrected chi connectivity index (χ0v) is 24.2. The van der Waals surface area contributed by atoms with Gasteiger partial charge in [0.15, 0.2) is 0 Å². The third kappa shape index (κ3) is 4.32. The number of benzene rings is 4.